The molecule has 1 aromatic rings. The second-order valence-corrected chi connectivity index (χ2v) is 2.25. The molecular formula is C6H4ClFN2O2. The minimum Gasteiger partial charge on any atom is -0.465 e. The van der Waals surface area contributed by atoms with Crippen molar-refractivity contribution in [2.24, 2.45) is 0 Å². The molecule has 0 saturated heterocycles. The Morgan fingerprint density at radius 3 is 3.00 bits per heavy atom. The lowest BCUT2D eigenvalue weighted by atomic mass is 10.4. The van der Waals surface area contributed by atoms with Crippen LogP contribution in [0.2, 0.25) is 5.15 Å². The number of amides is 1. The van der Waals surface area contributed by atoms with Gasteiger partial charge in [0.05, 0.1) is 5.69 Å². The SMILES string of the molecule is O=C(O)Nc1ccnc(Cl)c1F. The third-order valence-corrected chi connectivity index (χ3v) is 1.35. The van der Waals surface area contributed by atoms with Crippen molar-refractivity contribution in [3.05, 3.63) is 23.2 Å². The highest BCUT2D eigenvalue weighted by Gasteiger charge is 2.08. The maximum absolute atomic E-state index is 12.8. The van der Waals surface area contributed by atoms with Gasteiger partial charge in [0, 0.05) is 6.20 Å². The molecular weight excluding hydrogens is 187 g/mol. The van der Waals surface area contributed by atoms with Crippen LogP contribution in [0.25, 0.3) is 0 Å². The molecule has 1 aromatic heterocycles. The summed E-state index contributed by atoms with van der Waals surface area (Å²) in [5, 5.41) is 9.71. The number of aromatic nitrogens is 1. The summed E-state index contributed by atoms with van der Waals surface area (Å²) in [4.78, 5) is 13.5. The van der Waals surface area contributed by atoms with Crippen molar-refractivity contribution >= 4 is 23.4 Å². The summed E-state index contributed by atoms with van der Waals surface area (Å²) in [6, 6.07) is 1.18. The Hall–Kier alpha value is -1.36. The van der Waals surface area contributed by atoms with E-state index in [4.69, 9.17) is 16.7 Å². The number of hydrogen-bond donors (Lipinski definition) is 2. The van der Waals surface area contributed by atoms with Crippen LogP contribution in [0, 0.1) is 5.82 Å². The average Bonchev–Trinajstić information content (AvgIpc) is 1.98. The summed E-state index contributed by atoms with van der Waals surface area (Å²) >= 11 is 5.28. The van der Waals surface area contributed by atoms with E-state index >= 15 is 0 Å². The molecule has 1 rings (SSSR count). The molecule has 0 saturated carbocycles. The quantitative estimate of drug-likeness (QED) is 0.666. The van der Waals surface area contributed by atoms with Crippen molar-refractivity contribution in [1.29, 1.82) is 0 Å². The summed E-state index contributed by atoms with van der Waals surface area (Å²) in [5.74, 6) is -0.874. The highest BCUT2D eigenvalue weighted by Crippen LogP contribution is 2.18. The third-order valence-electron chi connectivity index (χ3n) is 1.09. The van der Waals surface area contributed by atoms with E-state index in [2.05, 4.69) is 4.98 Å². The van der Waals surface area contributed by atoms with Gasteiger partial charge in [0.2, 0.25) is 0 Å². The smallest absolute Gasteiger partial charge is 0.409 e. The Balaban J connectivity index is 3.00. The second kappa shape index (κ2) is 3.36. The first-order valence-corrected chi connectivity index (χ1v) is 3.29. The van der Waals surface area contributed by atoms with E-state index in [0.29, 0.717) is 0 Å². The standard InChI is InChI=1S/C6H4ClFN2O2/c7-5-4(8)3(1-2-9-5)10-6(11)12/h1-2H,(H,9,10)(H,11,12). The number of halogens is 2. The van der Waals surface area contributed by atoms with E-state index < -0.39 is 11.9 Å². The minimum atomic E-state index is -1.35. The molecule has 0 bridgehead atoms. The predicted molar refractivity (Wildman–Crippen MR) is 40.9 cm³/mol. The number of pyridine rings is 1. The van der Waals surface area contributed by atoms with E-state index in [1.54, 1.807) is 0 Å². The molecule has 64 valence electrons. The van der Waals surface area contributed by atoms with Crippen molar-refractivity contribution in [2.75, 3.05) is 5.32 Å². The van der Waals surface area contributed by atoms with Crippen molar-refractivity contribution in [2.45, 2.75) is 0 Å². The number of nitrogens with zero attached hydrogens (tertiary/aromatic N) is 1. The van der Waals surface area contributed by atoms with E-state index in [0.717, 1.165) is 0 Å². The zero-order valence-electron chi connectivity index (χ0n) is 5.71. The van der Waals surface area contributed by atoms with Crippen molar-refractivity contribution in [3.63, 3.8) is 0 Å². The lowest BCUT2D eigenvalue weighted by molar-refractivity contribution is 0.209. The van der Waals surface area contributed by atoms with Crippen LogP contribution in [0.5, 0.6) is 0 Å². The summed E-state index contributed by atoms with van der Waals surface area (Å²) in [6.45, 7) is 0. The van der Waals surface area contributed by atoms with E-state index in [1.165, 1.54) is 12.3 Å². The maximum atomic E-state index is 12.8. The first-order valence-electron chi connectivity index (χ1n) is 2.91. The zero-order valence-corrected chi connectivity index (χ0v) is 6.47. The first-order chi connectivity index (χ1) is 5.61. The highest BCUT2D eigenvalue weighted by atomic mass is 35.5. The van der Waals surface area contributed by atoms with Crippen LogP contribution in [0.3, 0.4) is 0 Å². The Morgan fingerprint density at radius 2 is 2.42 bits per heavy atom. The number of nitrogens with one attached hydrogen (secondary N) is 1. The van der Waals surface area contributed by atoms with Gasteiger partial charge < -0.3 is 5.11 Å². The molecule has 0 aromatic carbocycles. The molecule has 0 aliphatic carbocycles. The zero-order chi connectivity index (χ0) is 9.14. The van der Waals surface area contributed by atoms with Crippen LogP contribution < -0.4 is 5.32 Å². The Bertz CT molecular complexity index is 318. The molecule has 4 nitrogen and oxygen atoms in total. The van der Waals surface area contributed by atoms with Gasteiger partial charge in [0.1, 0.15) is 0 Å². The van der Waals surface area contributed by atoms with Crippen LogP contribution in [-0.2, 0) is 0 Å². The lowest BCUT2D eigenvalue weighted by Gasteiger charge is -2.01. The van der Waals surface area contributed by atoms with Gasteiger partial charge in [-0.1, -0.05) is 11.6 Å². The van der Waals surface area contributed by atoms with Gasteiger partial charge in [-0.25, -0.2) is 14.2 Å². The van der Waals surface area contributed by atoms with Gasteiger partial charge in [-0.2, -0.15) is 0 Å². The fourth-order valence-corrected chi connectivity index (χ4v) is 0.788. The first kappa shape index (κ1) is 8.73. The van der Waals surface area contributed by atoms with Crippen LogP contribution in [0.1, 0.15) is 0 Å². The highest BCUT2D eigenvalue weighted by molar-refractivity contribution is 6.29. The van der Waals surface area contributed by atoms with Gasteiger partial charge in [-0.3, -0.25) is 5.32 Å². The molecule has 1 heterocycles. The second-order valence-electron chi connectivity index (χ2n) is 1.89. The average molecular weight is 191 g/mol. The molecule has 0 spiro atoms. The molecule has 0 radical (unpaired) electrons. The third kappa shape index (κ3) is 1.82. The molecule has 2 N–H and O–H groups in total. The number of carboxylic acid groups (broad SMARTS) is 1. The molecule has 0 atom stereocenters. The normalized spacial score (nSPS) is 9.50. The minimum absolute atomic E-state index is 0.206. The molecule has 12 heavy (non-hydrogen) atoms. The molecule has 6 heteroatoms. The molecule has 0 aliphatic rings. The molecule has 0 fully saturated rings. The number of anilines is 1. The van der Waals surface area contributed by atoms with Crippen molar-refractivity contribution in [3.8, 4) is 0 Å². The van der Waals surface area contributed by atoms with E-state index in [9.17, 15) is 9.18 Å². The Labute approximate surface area is 72.0 Å². The molecule has 0 unspecified atom stereocenters. The number of carbonyl (C=O) groups is 1. The predicted octanol–water partition coefficient (Wildman–Crippen LogP) is 1.96. The lowest BCUT2D eigenvalue weighted by Crippen LogP contribution is -2.09. The maximum Gasteiger partial charge on any atom is 0.409 e. The van der Waals surface area contributed by atoms with Gasteiger partial charge in [0.15, 0.2) is 11.0 Å². The topological polar surface area (TPSA) is 62.2 Å². The van der Waals surface area contributed by atoms with Gasteiger partial charge >= 0.3 is 6.09 Å². The van der Waals surface area contributed by atoms with Gasteiger partial charge in [-0.15, -0.1) is 0 Å². The fraction of sp³-hybridized carbons (Fsp3) is 0. The fourth-order valence-electron chi connectivity index (χ4n) is 0.630. The summed E-state index contributed by atoms with van der Waals surface area (Å²) in [7, 11) is 0. The molecule has 1 amide bonds. The molecule has 0 aliphatic heterocycles. The summed E-state index contributed by atoms with van der Waals surface area (Å²) < 4.78 is 12.8. The van der Waals surface area contributed by atoms with Gasteiger partial charge in [0.25, 0.3) is 0 Å². The van der Waals surface area contributed by atoms with Crippen LogP contribution in [-0.4, -0.2) is 16.2 Å². The van der Waals surface area contributed by atoms with Crippen LogP contribution >= 0.6 is 11.6 Å². The largest absolute Gasteiger partial charge is 0.465 e. The van der Waals surface area contributed by atoms with Gasteiger partial charge in [-0.05, 0) is 6.07 Å². The van der Waals surface area contributed by atoms with Crippen molar-refractivity contribution in [1.82, 2.24) is 4.98 Å². The van der Waals surface area contributed by atoms with Crippen molar-refractivity contribution < 1.29 is 14.3 Å². The number of rotatable bonds is 1. The van der Waals surface area contributed by atoms with Crippen LogP contribution in [0.15, 0.2) is 12.3 Å². The van der Waals surface area contributed by atoms with E-state index in [1.807, 2.05) is 5.32 Å². The summed E-state index contributed by atoms with van der Waals surface area (Å²) in [5.41, 5.74) is -0.206. The van der Waals surface area contributed by atoms with Crippen LogP contribution in [0.4, 0.5) is 14.9 Å². The Morgan fingerprint density at radius 1 is 1.75 bits per heavy atom. The Kier molecular flexibility index (Phi) is 2.44. The van der Waals surface area contributed by atoms with E-state index in [-0.39, 0.29) is 10.8 Å². The monoisotopic (exact) mass is 190 g/mol. The summed E-state index contributed by atoms with van der Waals surface area (Å²) in [6.07, 6.45) is -0.146. The number of hydrogen-bond acceptors (Lipinski definition) is 2.